The molecular weight excluding hydrogens is 284 g/mol. The van der Waals surface area contributed by atoms with Crippen LogP contribution in [0.15, 0.2) is 43.0 Å². The maximum atomic E-state index is 11.8. The van der Waals surface area contributed by atoms with Crippen molar-refractivity contribution in [3.05, 3.63) is 65.8 Å². The summed E-state index contributed by atoms with van der Waals surface area (Å²) in [6.45, 7) is 0. The van der Waals surface area contributed by atoms with Crippen molar-refractivity contribution in [1.29, 1.82) is 0 Å². The van der Waals surface area contributed by atoms with Crippen LogP contribution in [0.2, 0.25) is 0 Å². The molecule has 3 rings (SSSR count). The molecule has 0 radical (unpaired) electrons. The lowest BCUT2D eigenvalue weighted by Crippen LogP contribution is -1.99. The number of ketones is 1. The summed E-state index contributed by atoms with van der Waals surface area (Å²) in [5, 5.41) is 22.8. The van der Waals surface area contributed by atoms with Crippen molar-refractivity contribution in [2.24, 2.45) is 0 Å². The standard InChI is InChI=1S/C14H12N6O2/c21-12(7-13(22)14-16-8-17-20-14)11-6-10(18-19-11)5-9-1-3-15-4-2-9/h1-4,6-8,21H,5H2,(H,18,19)(H,16,17,20). The third-order valence-corrected chi connectivity index (χ3v) is 2.95. The van der Waals surface area contributed by atoms with Gasteiger partial charge in [-0.2, -0.15) is 10.2 Å². The van der Waals surface area contributed by atoms with E-state index in [1.165, 1.54) is 6.33 Å². The van der Waals surface area contributed by atoms with E-state index in [0.29, 0.717) is 6.42 Å². The van der Waals surface area contributed by atoms with Gasteiger partial charge in [0.05, 0.1) is 0 Å². The predicted octanol–water partition coefficient (Wildman–Crippen LogP) is 1.30. The molecule has 110 valence electrons. The van der Waals surface area contributed by atoms with E-state index in [1.54, 1.807) is 18.5 Å². The minimum atomic E-state index is -0.478. The van der Waals surface area contributed by atoms with Crippen LogP contribution in [-0.2, 0) is 6.42 Å². The van der Waals surface area contributed by atoms with Crippen LogP contribution in [0, 0.1) is 0 Å². The summed E-state index contributed by atoms with van der Waals surface area (Å²) in [5.74, 6) is -0.661. The molecule has 0 atom stereocenters. The summed E-state index contributed by atoms with van der Waals surface area (Å²) in [5.41, 5.74) is 2.16. The average Bonchev–Trinajstić information content (AvgIpc) is 3.19. The van der Waals surface area contributed by atoms with Crippen LogP contribution in [0.5, 0.6) is 0 Å². The number of nitrogens with one attached hydrogen (secondary N) is 2. The highest BCUT2D eigenvalue weighted by molar-refractivity contribution is 6.05. The van der Waals surface area contributed by atoms with Gasteiger partial charge in [0.25, 0.3) is 0 Å². The zero-order valence-electron chi connectivity index (χ0n) is 11.4. The Morgan fingerprint density at radius 1 is 1.27 bits per heavy atom. The van der Waals surface area contributed by atoms with Crippen LogP contribution >= 0.6 is 0 Å². The molecule has 3 aromatic rings. The SMILES string of the molecule is O=C(C=C(O)c1cc(Cc2ccncc2)[nH]n1)c1ncn[nH]1. The number of hydrogen-bond donors (Lipinski definition) is 3. The first-order valence-corrected chi connectivity index (χ1v) is 6.46. The van der Waals surface area contributed by atoms with E-state index in [0.717, 1.165) is 17.3 Å². The van der Waals surface area contributed by atoms with Crippen molar-refractivity contribution in [1.82, 2.24) is 30.4 Å². The molecule has 8 heteroatoms. The number of pyridine rings is 1. The molecule has 0 spiro atoms. The molecule has 0 amide bonds. The van der Waals surface area contributed by atoms with Crippen molar-refractivity contribution in [2.75, 3.05) is 0 Å². The summed E-state index contributed by atoms with van der Waals surface area (Å²) < 4.78 is 0. The number of allylic oxidation sites excluding steroid dienone is 1. The van der Waals surface area contributed by atoms with Gasteiger partial charge in [-0.05, 0) is 23.8 Å². The Morgan fingerprint density at radius 2 is 2.09 bits per heavy atom. The lowest BCUT2D eigenvalue weighted by Gasteiger charge is -1.96. The second-order valence-electron chi connectivity index (χ2n) is 4.54. The molecule has 0 aliphatic rings. The lowest BCUT2D eigenvalue weighted by atomic mass is 10.1. The highest BCUT2D eigenvalue weighted by Crippen LogP contribution is 2.13. The Balaban J connectivity index is 1.74. The smallest absolute Gasteiger partial charge is 0.226 e. The second-order valence-corrected chi connectivity index (χ2v) is 4.54. The first kappa shape index (κ1) is 13.7. The van der Waals surface area contributed by atoms with Crippen LogP contribution in [-0.4, -0.2) is 41.3 Å². The number of H-pyrrole nitrogens is 2. The number of aromatic amines is 2. The van der Waals surface area contributed by atoms with Gasteiger partial charge in [0, 0.05) is 30.6 Å². The van der Waals surface area contributed by atoms with Crippen LogP contribution in [0.4, 0.5) is 0 Å². The molecule has 8 nitrogen and oxygen atoms in total. The van der Waals surface area contributed by atoms with E-state index in [1.807, 2.05) is 12.1 Å². The minimum absolute atomic E-state index is 0.0547. The number of hydrogen-bond acceptors (Lipinski definition) is 6. The fourth-order valence-corrected chi connectivity index (χ4v) is 1.89. The number of aromatic nitrogens is 6. The van der Waals surface area contributed by atoms with Crippen LogP contribution in [0.25, 0.3) is 5.76 Å². The van der Waals surface area contributed by atoms with Crippen LogP contribution < -0.4 is 0 Å². The van der Waals surface area contributed by atoms with Gasteiger partial charge in [-0.25, -0.2) is 4.98 Å². The predicted molar refractivity (Wildman–Crippen MR) is 76.9 cm³/mol. The molecule has 0 aliphatic carbocycles. The number of aliphatic hydroxyl groups is 1. The van der Waals surface area contributed by atoms with Gasteiger partial charge in [0.15, 0.2) is 5.82 Å². The molecule has 0 saturated carbocycles. The fraction of sp³-hybridized carbons (Fsp3) is 0.0714. The average molecular weight is 296 g/mol. The summed E-state index contributed by atoms with van der Waals surface area (Å²) >= 11 is 0. The van der Waals surface area contributed by atoms with Crippen molar-refractivity contribution >= 4 is 11.5 Å². The number of aliphatic hydroxyl groups excluding tert-OH is 1. The third kappa shape index (κ3) is 3.06. The van der Waals surface area contributed by atoms with E-state index in [2.05, 4.69) is 30.4 Å². The Bertz CT molecular complexity index is 792. The molecule has 0 saturated heterocycles. The topological polar surface area (TPSA) is 120 Å². The Hall–Kier alpha value is -3.29. The van der Waals surface area contributed by atoms with Gasteiger partial charge in [-0.1, -0.05) is 0 Å². The van der Waals surface area contributed by atoms with Gasteiger partial charge < -0.3 is 5.11 Å². The molecule has 3 N–H and O–H groups in total. The zero-order valence-corrected chi connectivity index (χ0v) is 11.4. The van der Waals surface area contributed by atoms with E-state index < -0.39 is 5.78 Å². The lowest BCUT2D eigenvalue weighted by molar-refractivity contribution is 0.103. The Kier molecular flexibility index (Phi) is 3.73. The van der Waals surface area contributed by atoms with Crippen molar-refractivity contribution < 1.29 is 9.90 Å². The third-order valence-electron chi connectivity index (χ3n) is 2.95. The molecule has 3 heterocycles. The van der Waals surface area contributed by atoms with E-state index >= 15 is 0 Å². The maximum absolute atomic E-state index is 11.8. The molecular formula is C14H12N6O2. The molecule has 0 fully saturated rings. The highest BCUT2D eigenvalue weighted by Gasteiger charge is 2.11. The fourth-order valence-electron chi connectivity index (χ4n) is 1.89. The van der Waals surface area contributed by atoms with Crippen LogP contribution in [0.1, 0.15) is 27.6 Å². The largest absolute Gasteiger partial charge is 0.505 e. The molecule has 3 aromatic heterocycles. The summed E-state index contributed by atoms with van der Waals surface area (Å²) in [6.07, 6.45) is 6.31. The van der Waals surface area contributed by atoms with E-state index in [-0.39, 0.29) is 17.3 Å². The second kappa shape index (κ2) is 6.00. The quantitative estimate of drug-likeness (QED) is 0.371. The van der Waals surface area contributed by atoms with Gasteiger partial charge in [-0.3, -0.25) is 20.0 Å². The van der Waals surface area contributed by atoms with Crippen molar-refractivity contribution in [2.45, 2.75) is 6.42 Å². The molecule has 0 aromatic carbocycles. The summed E-state index contributed by atoms with van der Waals surface area (Å²) in [7, 11) is 0. The number of nitrogens with zero attached hydrogens (tertiary/aromatic N) is 4. The normalized spacial score (nSPS) is 11.5. The van der Waals surface area contributed by atoms with Crippen LogP contribution in [0.3, 0.4) is 0 Å². The molecule has 0 unspecified atom stereocenters. The van der Waals surface area contributed by atoms with Gasteiger partial charge in [-0.15, -0.1) is 0 Å². The summed E-state index contributed by atoms with van der Waals surface area (Å²) in [4.78, 5) is 19.4. The number of carbonyl (C=O) groups is 1. The maximum Gasteiger partial charge on any atom is 0.226 e. The highest BCUT2D eigenvalue weighted by atomic mass is 16.3. The molecule has 0 aliphatic heterocycles. The van der Waals surface area contributed by atoms with Crippen molar-refractivity contribution in [3.8, 4) is 0 Å². The number of rotatable bonds is 5. The number of carbonyl (C=O) groups excluding carboxylic acids is 1. The Morgan fingerprint density at radius 3 is 2.82 bits per heavy atom. The first-order valence-electron chi connectivity index (χ1n) is 6.46. The molecule has 0 bridgehead atoms. The Labute approximate surface area is 125 Å². The van der Waals surface area contributed by atoms with Gasteiger partial charge in [0.2, 0.25) is 5.78 Å². The minimum Gasteiger partial charge on any atom is -0.505 e. The van der Waals surface area contributed by atoms with Gasteiger partial charge >= 0.3 is 0 Å². The van der Waals surface area contributed by atoms with Gasteiger partial charge in [0.1, 0.15) is 17.8 Å². The first-order chi connectivity index (χ1) is 10.7. The van der Waals surface area contributed by atoms with E-state index in [4.69, 9.17) is 0 Å². The summed E-state index contributed by atoms with van der Waals surface area (Å²) in [6, 6.07) is 5.47. The zero-order chi connectivity index (χ0) is 15.4. The van der Waals surface area contributed by atoms with E-state index in [9.17, 15) is 9.90 Å². The molecule has 22 heavy (non-hydrogen) atoms. The van der Waals surface area contributed by atoms with Crippen molar-refractivity contribution in [3.63, 3.8) is 0 Å². The monoisotopic (exact) mass is 296 g/mol.